The van der Waals surface area contributed by atoms with Crippen LogP contribution in [0, 0.1) is 11.8 Å². The summed E-state index contributed by atoms with van der Waals surface area (Å²) >= 11 is 0. The van der Waals surface area contributed by atoms with E-state index in [4.69, 9.17) is 5.10 Å². The van der Waals surface area contributed by atoms with Crippen molar-refractivity contribution in [3.8, 4) is 0 Å². The summed E-state index contributed by atoms with van der Waals surface area (Å²) in [5.74, 6) is 1.39. The summed E-state index contributed by atoms with van der Waals surface area (Å²) < 4.78 is 2.01. The lowest BCUT2D eigenvalue weighted by molar-refractivity contribution is 0.382. The molecule has 0 aliphatic carbocycles. The van der Waals surface area contributed by atoms with Crippen molar-refractivity contribution in [3.63, 3.8) is 0 Å². The van der Waals surface area contributed by atoms with Crippen LogP contribution in [-0.4, -0.2) is 22.9 Å². The second-order valence-electron chi connectivity index (χ2n) is 6.49. The molecule has 21 heavy (non-hydrogen) atoms. The van der Waals surface area contributed by atoms with E-state index < -0.39 is 0 Å². The Morgan fingerprint density at radius 3 is 2.71 bits per heavy atom. The molecule has 1 heterocycles. The van der Waals surface area contributed by atoms with E-state index in [1.165, 1.54) is 29.4 Å². The lowest BCUT2D eigenvalue weighted by atomic mass is 9.92. The summed E-state index contributed by atoms with van der Waals surface area (Å²) in [6.45, 7) is 9.04. The summed E-state index contributed by atoms with van der Waals surface area (Å²) in [4.78, 5) is 0. The summed E-state index contributed by atoms with van der Waals surface area (Å²) in [6.07, 6.45) is 3.51. The van der Waals surface area contributed by atoms with Gasteiger partial charge < -0.3 is 5.32 Å². The SMILES string of the molecule is CCCNCC(Cc1nn(C)c2ccccc12)CC(C)C. The molecule has 0 fully saturated rings. The molecule has 0 aliphatic heterocycles. The fourth-order valence-corrected chi connectivity index (χ4v) is 3.10. The number of hydrogen-bond acceptors (Lipinski definition) is 2. The standard InChI is InChI=1S/C18H29N3/c1-5-10-19-13-15(11-14(2)3)12-17-16-8-6-7-9-18(16)21(4)20-17/h6-9,14-15,19H,5,10-13H2,1-4H3. The number of aromatic nitrogens is 2. The van der Waals surface area contributed by atoms with Gasteiger partial charge in [-0.2, -0.15) is 5.10 Å². The van der Waals surface area contributed by atoms with Crippen molar-refractivity contribution in [2.45, 2.75) is 40.0 Å². The first-order valence-electron chi connectivity index (χ1n) is 8.23. The summed E-state index contributed by atoms with van der Waals surface area (Å²) in [5, 5.41) is 9.64. The molecule has 0 radical (unpaired) electrons. The van der Waals surface area contributed by atoms with Crippen LogP contribution in [0.25, 0.3) is 10.9 Å². The smallest absolute Gasteiger partial charge is 0.0706 e. The first kappa shape index (κ1) is 16.0. The van der Waals surface area contributed by atoms with Crippen LogP contribution < -0.4 is 5.32 Å². The highest BCUT2D eigenvalue weighted by atomic mass is 15.3. The Balaban J connectivity index is 2.13. The summed E-state index contributed by atoms with van der Waals surface area (Å²) in [6, 6.07) is 8.55. The lowest BCUT2D eigenvalue weighted by Crippen LogP contribution is -2.26. The Morgan fingerprint density at radius 1 is 1.24 bits per heavy atom. The zero-order valence-corrected chi connectivity index (χ0v) is 13.9. The molecule has 0 aliphatic rings. The zero-order valence-electron chi connectivity index (χ0n) is 13.9. The lowest BCUT2D eigenvalue weighted by Gasteiger charge is -2.19. The highest BCUT2D eigenvalue weighted by Gasteiger charge is 2.16. The molecule has 1 aromatic heterocycles. The normalized spacial score (nSPS) is 13.2. The maximum Gasteiger partial charge on any atom is 0.0706 e. The number of nitrogens with zero attached hydrogens (tertiary/aromatic N) is 2. The molecule has 3 nitrogen and oxygen atoms in total. The molecule has 0 saturated heterocycles. The fourth-order valence-electron chi connectivity index (χ4n) is 3.10. The average Bonchev–Trinajstić information content (AvgIpc) is 2.76. The Bertz CT molecular complexity index is 557. The van der Waals surface area contributed by atoms with Gasteiger partial charge in [0, 0.05) is 12.4 Å². The molecule has 1 N–H and O–H groups in total. The van der Waals surface area contributed by atoms with Crippen molar-refractivity contribution >= 4 is 10.9 Å². The van der Waals surface area contributed by atoms with E-state index in [1.54, 1.807) is 0 Å². The maximum atomic E-state index is 4.75. The molecule has 1 aromatic carbocycles. The van der Waals surface area contributed by atoms with Crippen LogP contribution in [-0.2, 0) is 13.5 Å². The minimum absolute atomic E-state index is 0.662. The number of hydrogen-bond donors (Lipinski definition) is 1. The van der Waals surface area contributed by atoms with Crippen molar-refractivity contribution < 1.29 is 0 Å². The van der Waals surface area contributed by atoms with Crippen LogP contribution in [0.2, 0.25) is 0 Å². The third-order valence-corrected chi connectivity index (χ3v) is 3.98. The van der Waals surface area contributed by atoms with Gasteiger partial charge in [0.1, 0.15) is 0 Å². The van der Waals surface area contributed by atoms with Crippen molar-refractivity contribution in [2.24, 2.45) is 18.9 Å². The molecule has 1 unspecified atom stereocenters. The number of aryl methyl sites for hydroxylation is 1. The van der Waals surface area contributed by atoms with Gasteiger partial charge in [-0.3, -0.25) is 4.68 Å². The molecule has 2 rings (SSSR count). The first-order valence-corrected chi connectivity index (χ1v) is 8.23. The van der Waals surface area contributed by atoms with Gasteiger partial charge in [-0.25, -0.2) is 0 Å². The largest absolute Gasteiger partial charge is 0.316 e. The Morgan fingerprint density at radius 2 is 2.00 bits per heavy atom. The van der Waals surface area contributed by atoms with Gasteiger partial charge in [-0.1, -0.05) is 39.0 Å². The molecule has 2 aromatic rings. The predicted molar refractivity (Wildman–Crippen MR) is 90.5 cm³/mol. The number of para-hydroxylation sites is 1. The predicted octanol–water partition coefficient (Wildman–Crippen LogP) is 3.78. The maximum absolute atomic E-state index is 4.75. The monoisotopic (exact) mass is 287 g/mol. The highest BCUT2D eigenvalue weighted by molar-refractivity contribution is 5.81. The number of fused-ring (bicyclic) bond motifs is 1. The van der Waals surface area contributed by atoms with Gasteiger partial charge in [0.25, 0.3) is 0 Å². The number of benzene rings is 1. The molecule has 3 heteroatoms. The molecule has 116 valence electrons. The molecule has 0 amide bonds. The van der Waals surface area contributed by atoms with Crippen LogP contribution in [0.3, 0.4) is 0 Å². The van der Waals surface area contributed by atoms with Gasteiger partial charge in [0.15, 0.2) is 0 Å². The minimum Gasteiger partial charge on any atom is -0.316 e. The highest BCUT2D eigenvalue weighted by Crippen LogP contribution is 2.23. The van der Waals surface area contributed by atoms with Crippen molar-refractivity contribution in [2.75, 3.05) is 13.1 Å². The molecular formula is C18H29N3. The van der Waals surface area contributed by atoms with E-state index in [2.05, 4.69) is 50.4 Å². The minimum atomic E-state index is 0.662. The van der Waals surface area contributed by atoms with Gasteiger partial charge >= 0.3 is 0 Å². The van der Waals surface area contributed by atoms with E-state index >= 15 is 0 Å². The van der Waals surface area contributed by atoms with Crippen LogP contribution in [0.1, 0.15) is 39.3 Å². The Labute approximate surface area is 128 Å². The fraction of sp³-hybridized carbons (Fsp3) is 0.611. The molecular weight excluding hydrogens is 258 g/mol. The Hall–Kier alpha value is -1.35. The van der Waals surface area contributed by atoms with Crippen molar-refractivity contribution in [1.82, 2.24) is 15.1 Å². The average molecular weight is 287 g/mol. The Kier molecular flexibility index (Phi) is 5.80. The van der Waals surface area contributed by atoms with Crippen LogP contribution in [0.4, 0.5) is 0 Å². The van der Waals surface area contributed by atoms with Crippen LogP contribution in [0.5, 0.6) is 0 Å². The van der Waals surface area contributed by atoms with Crippen molar-refractivity contribution in [3.05, 3.63) is 30.0 Å². The van der Waals surface area contributed by atoms with E-state index in [1.807, 2.05) is 11.7 Å². The van der Waals surface area contributed by atoms with E-state index in [9.17, 15) is 0 Å². The molecule has 0 spiro atoms. The number of rotatable bonds is 8. The quantitative estimate of drug-likeness (QED) is 0.749. The molecule has 0 bridgehead atoms. The van der Waals surface area contributed by atoms with E-state index in [0.717, 1.165) is 25.4 Å². The van der Waals surface area contributed by atoms with Gasteiger partial charge in [-0.05, 0) is 50.3 Å². The molecule has 0 saturated carbocycles. The number of nitrogens with one attached hydrogen (secondary N) is 1. The topological polar surface area (TPSA) is 29.9 Å². The van der Waals surface area contributed by atoms with Gasteiger partial charge in [0.05, 0.1) is 11.2 Å². The van der Waals surface area contributed by atoms with Crippen molar-refractivity contribution in [1.29, 1.82) is 0 Å². The zero-order chi connectivity index (χ0) is 15.2. The van der Waals surface area contributed by atoms with Crippen LogP contribution >= 0.6 is 0 Å². The van der Waals surface area contributed by atoms with E-state index in [-0.39, 0.29) is 0 Å². The second kappa shape index (κ2) is 7.60. The van der Waals surface area contributed by atoms with E-state index in [0.29, 0.717) is 5.92 Å². The summed E-state index contributed by atoms with van der Waals surface area (Å²) in [7, 11) is 2.04. The van der Waals surface area contributed by atoms with Gasteiger partial charge in [0.2, 0.25) is 0 Å². The third-order valence-electron chi connectivity index (χ3n) is 3.98. The molecule has 1 atom stereocenters. The third kappa shape index (κ3) is 4.31. The summed E-state index contributed by atoms with van der Waals surface area (Å²) in [5.41, 5.74) is 2.48. The second-order valence-corrected chi connectivity index (χ2v) is 6.49. The van der Waals surface area contributed by atoms with Crippen LogP contribution in [0.15, 0.2) is 24.3 Å². The van der Waals surface area contributed by atoms with Gasteiger partial charge in [-0.15, -0.1) is 0 Å². The first-order chi connectivity index (χ1) is 10.1.